The minimum atomic E-state index is -0.0123. The monoisotopic (exact) mass is 356 g/mol. The lowest BCUT2D eigenvalue weighted by molar-refractivity contribution is 0.0946. The Bertz CT molecular complexity index is 1150. The van der Waals surface area contributed by atoms with Gasteiger partial charge in [-0.15, -0.1) is 0 Å². The number of nitrogens with one attached hydrogen (secondary N) is 2. The lowest BCUT2D eigenvalue weighted by Gasteiger charge is -2.10. The molecule has 0 atom stereocenters. The number of H-pyrrole nitrogens is 1. The van der Waals surface area contributed by atoms with Crippen LogP contribution < -0.4 is 5.32 Å². The van der Waals surface area contributed by atoms with E-state index in [4.69, 9.17) is 0 Å². The summed E-state index contributed by atoms with van der Waals surface area (Å²) in [5, 5.41) is 3.96. The molecule has 1 aromatic carbocycles. The van der Waals surface area contributed by atoms with Crippen LogP contribution in [0.4, 0.5) is 0 Å². The first-order chi connectivity index (χ1) is 12.8. The van der Waals surface area contributed by atoms with Gasteiger partial charge < -0.3 is 10.3 Å². The third-order valence-electron chi connectivity index (χ3n) is 4.76. The van der Waals surface area contributed by atoms with E-state index < -0.39 is 0 Å². The predicted octanol–water partition coefficient (Wildman–Crippen LogP) is 4.21. The zero-order valence-corrected chi connectivity index (χ0v) is 14.0. The first-order valence-corrected chi connectivity index (χ1v) is 8.59. The number of fused-ring (bicyclic) bond motifs is 2. The largest absolute Gasteiger partial charge is 0.358 e. The van der Waals surface area contributed by atoms with Crippen molar-refractivity contribution in [3.05, 3.63) is 72.2 Å². The normalized spacial score (nSPS) is 13.0. The number of rotatable bonds is 2. The Hall–Kier alpha value is -3.47. The van der Waals surface area contributed by atoms with Crippen LogP contribution in [0, 0.1) is 0 Å². The van der Waals surface area contributed by atoms with Crippen LogP contribution in [0.3, 0.4) is 0 Å². The summed E-state index contributed by atoms with van der Waals surface area (Å²) in [6.07, 6.45) is 4.47. The van der Waals surface area contributed by atoms with Crippen molar-refractivity contribution in [2.45, 2.75) is 13.8 Å². The molecule has 0 saturated heterocycles. The zero-order valence-electron chi connectivity index (χ0n) is 14.0. The Kier molecular flexibility index (Phi) is 4.20. The van der Waals surface area contributed by atoms with Crippen molar-refractivity contribution in [2.24, 2.45) is 0 Å². The Labute approximate surface area is 157 Å². The number of amides is 1. The Morgan fingerprint density at radius 1 is 0.963 bits per heavy atom. The number of carbonyl (C=O) groups excluding carboxylic acids is 1. The molecule has 0 aliphatic carbocycles. The van der Waals surface area contributed by atoms with E-state index in [1.165, 1.54) is 0 Å². The van der Waals surface area contributed by atoms with E-state index in [1.807, 2.05) is 48.7 Å². The van der Waals surface area contributed by atoms with Crippen molar-refractivity contribution in [1.82, 2.24) is 20.3 Å². The van der Waals surface area contributed by atoms with Gasteiger partial charge in [0.05, 0.1) is 16.8 Å². The second-order valence-electron chi connectivity index (χ2n) is 6.43. The van der Waals surface area contributed by atoms with Gasteiger partial charge in [-0.2, -0.15) is 0 Å². The molecule has 1 amide bonds. The van der Waals surface area contributed by atoms with Gasteiger partial charge in [-0.1, -0.05) is 25.6 Å². The SMILES string of the molecule is C.O=C1NCCc2[nH]c(-c3ccnc(-c4cnc5ccccc5c4)c3)cc21. The van der Waals surface area contributed by atoms with Gasteiger partial charge in [0.15, 0.2) is 0 Å². The maximum atomic E-state index is 12.0. The van der Waals surface area contributed by atoms with Gasteiger partial charge in [-0.25, -0.2) is 0 Å². The van der Waals surface area contributed by atoms with Gasteiger partial charge >= 0.3 is 0 Å². The zero-order chi connectivity index (χ0) is 17.5. The molecule has 4 aromatic rings. The molecule has 5 rings (SSSR count). The van der Waals surface area contributed by atoms with E-state index in [-0.39, 0.29) is 13.3 Å². The molecule has 5 heteroatoms. The molecule has 0 bridgehead atoms. The number of para-hydroxylation sites is 1. The van der Waals surface area contributed by atoms with Gasteiger partial charge in [-0.3, -0.25) is 14.8 Å². The molecule has 1 aliphatic rings. The van der Waals surface area contributed by atoms with Crippen molar-refractivity contribution in [2.75, 3.05) is 6.54 Å². The molecule has 4 heterocycles. The van der Waals surface area contributed by atoms with E-state index in [0.29, 0.717) is 6.54 Å². The third kappa shape index (κ3) is 2.97. The van der Waals surface area contributed by atoms with E-state index >= 15 is 0 Å². The van der Waals surface area contributed by atoms with Gasteiger partial charge in [0.25, 0.3) is 5.91 Å². The quantitative estimate of drug-likeness (QED) is 0.565. The highest BCUT2D eigenvalue weighted by molar-refractivity contribution is 5.97. The fraction of sp³-hybridized carbons (Fsp3) is 0.136. The topological polar surface area (TPSA) is 70.7 Å². The Morgan fingerprint density at radius 3 is 2.74 bits per heavy atom. The lowest BCUT2D eigenvalue weighted by atomic mass is 10.1. The molecule has 2 N–H and O–H groups in total. The summed E-state index contributed by atoms with van der Waals surface area (Å²) < 4.78 is 0. The second kappa shape index (κ2) is 6.68. The first-order valence-electron chi connectivity index (χ1n) is 8.59. The van der Waals surface area contributed by atoms with Crippen molar-refractivity contribution >= 4 is 16.8 Å². The first kappa shape index (κ1) is 17.0. The van der Waals surface area contributed by atoms with Crippen LogP contribution in [0.2, 0.25) is 0 Å². The summed E-state index contributed by atoms with van der Waals surface area (Å²) >= 11 is 0. The molecule has 0 radical (unpaired) electrons. The number of carbonyl (C=O) groups is 1. The highest BCUT2D eigenvalue weighted by Gasteiger charge is 2.20. The number of benzene rings is 1. The molecule has 3 aromatic heterocycles. The van der Waals surface area contributed by atoms with Crippen LogP contribution in [0.5, 0.6) is 0 Å². The molecule has 0 unspecified atom stereocenters. The summed E-state index contributed by atoms with van der Waals surface area (Å²) in [6, 6.07) is 16.0. The van der Waals surface area contributed by atoms with Crippen LogP contribution >= 0.6 is 0 Å². The average Bonchev–Trinajstić information content (AvgIpc) is 3.14. The van der Waals surface area contributed by atoms with Crippen LogP contribution in [0.25, 0.3) is 33.4 Å². The molecular weight excluding hydrogens is 336 g/mol. The summed E-state index contributed by atoms with van der Waals surface area (Å²) in [5.41, 5.74) is 6.47. The molecular formula is C22H20N4O. The van der Waals surface area contributed by atoms with Gasteiger partial charge in [-0.05, 0) is 30.3 Å². The predicted molar refractivity (Wildman–Crippen MR) is 108 cm³/mol. The summed E-state index contributed by atoms with van der Waals surface area (Å²) in [7, 11) is 0. The number of aromatic nitrogens is 3. The standard InChI is InChI=1S/C21H16N4O.CH4/c26-21-16-11-20(25-18(16)6-8-23-21)14-5-7-22-19(10-14)15-9-13-3-1-2-4-17(13)24-12-15;/h1-5,7,9-12,25H,6,8H2,(H,23,26);1H4. The van der Waals surface area contributed by atoms with Crippen LogP contribution in [-0.4, -0.2) is 27.4 Å². The van der Waals surface area contributed by atoms with Gasteiger partial charge in [0, 0.05) is 53.3 Å². The van der Waals surface area contributed by atoms with Crippen molar-refractivity contribution in [1.29, 1.82) is 0 Å². The molecule has 1 aliphatic heterocycles. The Morgan fingerprint density at radius 2 is 1.85 bits per heavy atom. The number of aromatic amines is 1. The van der Waals surface area contributed by atoms with E-state index in [1.54, 1.807) is 6.20 Å². The minimum Gasteiger partial charge on any atom is -0.358 e. The molecule has 0 fully saturated rings. The fourth-order valence-electron chi connectivity index (χ4n) is 3.42. The van der Waals surface area contributed by atoms with E-state index in [2.05, 4.69) is 26.3 Å². The van der Waals surface area contributed by atoms with Crippen LogP contribution in [0.15, 0.2) is 60.9 Å². The summed E-state index contributed by atoms with van der Waals surface area (Å²) in [5.74, 6) is -0.0123. The van der Waals surface area contributed by atoms with Gasteiger partial charge in [0.1, 0.15) is 0 Å². The molecule has 27 heavy (non-hydrogen) atoms. The number of pyridine rings is 2. The highest BCUT2D eigenvalue weighted by atomic mass is 16.1. The lowest BCUT2D eigenvalue weighted by Crippen LogP contribution is -2.31. The minimum absolute atomic E-state index is 0. The molecule has 5 nitrogen and oxygen atoms in total. The summed E-state index contributed by atoms with van der Waals surface area (Å²) in [4.78, 5) is 24.4. The average molecular weight is 356 g/mol. The molecule has 0 saturated carbocycles. The van der Waals surface area contributed by atoms with Crippen molar-refractivity contribution in [3.63, 3.8) is 0 Å². The van der Waals surface area contributed by atoms with Gasteiger partial charge in [0.2, 0.25) is 0 Å². The van der Waals surface area contributed by atoms with Crippen LogP contribution in [0.1, 0.15) is 23.5 Å². The van der Waals surface area contributed by atoms with E-state index in [0.717, 1.165) is 51.1 Å². The summed E-state index contributed by atoms with van der Waals surface area (Å²) in [6.45, 7) is 0.677. The maximum absolute atomic E-state index is 12.0. The second-order valence-corrected chi connectivity index (χ2v) is 6.43. The van der Waals surface area contributed by atoms with E-state index in [9.17, 15) is 4.79 Å². The smallest absolute Gasteiger partial charge is 0.253 e. The molecule has 0 spiro atoms. The Balaban J connectivity index is 0.00000180. The third-order valence-corrected chi connectivity index (χ3v) is 4.76. The number of hydrogen-bond acceptors (Lipinski definition) is 3. The number of hydrogen-bond donors (Lipinski definition) is 2. The molecule has 134 valence electrons. The highest BCUT2D eigenvalue weighted by Crippen LogP contribution is 2.28. The number of nitrogens with zero attached hydrogens (tertiary/aromatic N) is 2. The maximum Gasteiger partial charge on any atom is 0.253 e. The fourth-order valence-corrected chi connectivity index (χ4v) is 3.42. The van der Waals surface area contributed by atoms with Crippen LogP contribution in [-0.2, 0) is 6.42 Å². The van der Waals surface area contributed by atoms with Crippen molar-refractivity contribution in [3.8, 4) is 22.5 Å². The van der Waals surface area contributed by atoms with Crippen molar-refractivity contribution < 1.29 is 4.79 Å².